The van der Waals surface area contributed by atoms with Crippen molar-refractivity contribution in [2.45, 2.75) is 53.1 Å². The van der Waals surface area contributed by atoms with Crippen LogP contribution in [-0.4, -0.2) is 31.7 Å². The first-order chi connectivity index (χ1) is 14.8. The summed E-state index contributed by atoms with van der Waals surface area (Å²) < 4.78 is 11.7. The van der Waals surface area contributed by atoms with Crippen molar-refractivity contribution in [3.8, 4) is 11.5 Å². The number of hydrogen-bond donors (Lipinski definition) is 2. The molecule has 1 unspecified atom stereocenters. The van der Waals surface area contributed by atoms with Crippen LogP contribution in [0.15, 0.2) is 48.5 Å². The van der Waals surface area contributed by atoms with Gasteiger partial charge in [-0.3, -0.25) is 4.79 Å². The topological polar surface area (TPSA) is 59.6 Å². The highest BCUT2D eigenvalue weighted by Gasteiger charge is 2.21. The highest BCUT2D eigenvalue weighted by Crippen LogP contribution is 2.34. The van der Waals surface area contributed by atoms with Crippen molar-refractivity contribution in [1.29, 1.82) is 0 Å². The van der Waals surface area contributed by atoms with Gasteiger partial charge in [0.1, 0.15) is 12.7 Å². The third-order valence-corrected chi connectivity index (χ3v) is 4.76. The van der Waals surface area contributed by atoms with Crippen molar-refractivity contribution >= 4 is 17.7 Å². The Kier molecular flexibility index (Phi) is 9.13. The predicted octanol–water partition coefficient (Wildman–Crippen LogP) is 5.41. The maximum atomic E-state index is 12.3. The van der Waals surface area contributed by atoms with E-state index in [9.17, 15) is 4.79 Å². The van der Waals surface area contributed by atoms with Crippen LogP contribution in [0, 0.1) is 0 Å². The number of carbonyl (C=O) groups is 1. The zero-order chi connectivity index (χ0) is 22.9. The van der Waals surface area contributed by atoms with Gasteiger partial charge < -0.3 is 20.1 Å². The summed E-state index contributed by atoms with van der Waals surface area (Å²) in [4.78, 5) is 12.3. The van der Waals surface area contributed by atoms with Crippen molar-refractivity contribution in [2.75, 3.05) is 25.0 Å². The summed E-state index contributed by atoms with van der Waals surface area (Å²) in [7, 11) is 0. The van der Waals surface area contributed by atoms with Crippen LogP contribution in [-0.2, 0) is 10.2 Å². The van der Waals surface area contributed by atoms with E-state index < -0.39 is 0 Å². The number of likely N-dealkylation sites (N-methyl/N-ethyl adjacent to an activating group) is 1. The molecule has 0 spiro atoms. The minimum Gasteiger partial charge on any atom is -0.486 e. The van der Waals surface area contributed by atoms with Crippen molar-refractivity contribution < 1.29 is 14.3 Å². The summed E-state index contributed by atoms with van der Waals surface area (Å²) in [6.45, 7) is 14.7. The number of benzene rings is 2. The molecule has 0 aliphatic carbocycles. The Hall–Kier alpha value is -2.79. The standard InChI is InChI=1S/C24H30N2O3.C2H6/c1-5-25-15-20-16-28-22-14-19(11-12-21(22)29-20)26-23(27)13-8-17-6-9-18(10-7-17)24(2,3)4;1-2/h6-14,20,25H,5,15-16H2,1-4H3,(H,26,27);1-2H3/b13-8+;. The highest BCUT2D eigenvalue weighted by molar-refractivity contribution is 6.02. The van der Waals surface area contributed by atoms with Crippen molar-refractivity contribution in [1.82, 2.24) is 5.32 Å². The molecule has 0 saturated carbocycles. The number of fused-ring (bicyclic) bond motifs is 1. The maximum Gasteiger partial charge on any atom is 0.248 e. The molecule has 1 atom stereocenters. The summed E-state index contributed by atoms with van der Waals surface area (Å²) in [5.74, 6) is 1.16. The van der Waals surface area contributed by atoms with Crippen molar-refractivity contribution in [2.24, 2.45) is 0 Å². The molecule has 2 aromatic rings. The third-order valence-electron chi connectivity index (χ3n) is 4.76. The molecule has 2 aromatic carbocycles. The summed E-state index contributed by atoms with van der Waals surface area (Å²) in [5, 5.41) is 6.12. The molecule has 5 heteroatoms. The molecule has 1 aliphatic rings. The van der Waals surface area contributed by atoms with Crippen LogP contribution in [0.25, 0.3) is 6.08 Å². The number of rotatable bonds is 6. The fourth-order valence-corrected chi connectivity index (χ4v) is 3.05. The first-order valence-electron chi connectivity index (χ1n) is 11.1. The first-order valence-corrected chi connectivity index (χ1v) is 11.1. The van der Waals surface area contributed by atoms with E-state index in [1.807, 2.05) is 44.2 Å². The third kappa shape index (κ3) is 7.44. The Morgan fingerprint density at radius 3 is 2.45 bits per heavy atom. The van der Waals surface area contributed by atoms with Gasteiger partial charge in [0, 0.05) is 24.4 Å². The van der Waals surface area contributed by atoms with Gasteiger partial charge >= 0.3 is 0 Å². The zero-order valence-electron chi connectivity index (χ0n) is 19.6. The minimum atomic E-state index is -0.188. The fourth-order valence-electron chi connectivity index (χ4n) is 3.05. The molecule has 1 amide bonds. The number of ether oxygens (including phenoxy) is 2. The molecule has 2 N–H and O–H groups in total. The second-order valence-corrected chi connectivity index (χ2v) is 8.21. The molecule has 0 bridgehead atoms. The summed E-state index contributed by atoms with van der Waals surface area (Å²) in [6.07, 6.45) is 3.34. The molecular formula is C26H36N2O3. The lowest BCUT2D eigenvalue weighted by Crippen LogP contribution is -2.38. The van der Waals surface area contributed by atoms with Gasteiger partial charge in [-0.05, 0) is 41.3 Å². The zero-order valence-corrected chi connectivity index (χ0v) is 19.6. The van der Waals surface area contributed by atoms with E-state index in [2.05, 4.69) is 50.5 Å². The fraction of sp³-hybridized carbons (Fsp3) is 0.423. The van der Waals surface area contributed by atoms with E-state index in [0.717, 1.165) is 18.7 Å². The van der Waals surface area contributed by atoms with Gasteiger partial charge in [-0.15, -0.1) is 0 Å². The van der Waals surface area contributed by atoms with E-state index in [0.29, 0.717) is 23.8 Å². The molecule has 1 heterocycles. The number of amides is 1. The summed E-state index contributed by atoms with van der Waals surface area (Å²) in [6, 6.07) is 13.7. The molecule has 1 aliphatic heterocycles. The number of nitrogens with one attached hydrogen (secondary N) is 2. The van der Waals surface area contributed by atoms with E-state index in [-0.39, 0.29) is 17.4 Å². The first kappa shape index (κ1) is 24.5. The SMILES string of the molecule is CC.CCNCC1COc2cc(NC(=O)/C=C/c3ccc(C(C)(C)C)cc3)ccc2O1. The maximum absolute atomic E-state index is 12.3. The lowest BCUT2D eigenvalue weighted by Gasteiger charge is -2.27. The van der Waals surface area contributed by atoms with Gasteiger partial charge in [-0.25, -0.2) is 0 Å². The van der Waals surface area contributed by atoms with Gasteiger partial charge in [0.2, 0.25) is 5.91 Å². The van der Waals surface area contributed by atoms with Crippen LogP contribution in [0.3, 0.4) is 0 Å². The molecule has 31 heavy (non-hydrogen) atoms. The van der Waals surface area contributed by atoms with Crippen LogP contribution in [0.4, 0.5) is 5.69 Å². The van der Waals surface area contributed by atoms with E-state index in [4.69, 9.17) is 9.47 Å². The molecule has 0 radical (unpaired) electrons. The molecule has 3 rings (SSSR count). The Bertz CT molecular complexity index is 867. The number of carbonyl (C=O) groups excluding carboxylic acids is 1. The highest BCUT2D eigenvalue weighted by atomic mass is 16.6. The van der Waals surface area contributed by atoms with Gasteiger partial charge in [-0.2, -0.15) is 0 Å². The predicted molar refractivity (Wildman–Crippen MR) is 129 cm³/mol. The number of hydrogen-bond acceptors (Lipinski definition) is 4. The van der Waals surface area contributed by atoms with Gasteiger partial charge in [0.05, 0.1) is 0 Å². The average Bonchev–Trinajstić information content (AvgIpc) is 2.77. The Morgan fingerprint density at radius 1 is 1.10 bits per heavy atom. The molecule has 0 fully saturated rings. The molecule has 0 saturated heterocycles. The lowest BCUT2D eigenvalue weighted by atomic mass is 9.87. The Labute approximate surface area is 186 Å². The lowest BCUT2D eigenvalue weighted by molar-refractivity contribution is -0.111. The van der Waals surface area contributed by atoms with Gasteiger partial charge in [-0.1, -0.05) is 65.8 Å². The smallest absolute Gasteiger partial charge is 0.248 e. The van der Waals surface area contributed by atoms with Crippen LogP contribution >= 0.6 is 0 Å². The normalized spacial score (nSPS) is 15.2. The summed E-state index contributed by atoms with van der Waals surface area (Å²) in [5.41, 5.74) is 3.05. The van der Waals surface area contributed by atoms with Crippen LogP contribution < -0.4 is 20.1 Å². The minimum absolute atomic E-state index is 0.00417. The van der Waals surface area contributed by atoms with Crippen molar-refractivity contribution in [3.05, 3.63) is 59.7 Å². The molecule has 168 valence electrons. The van der Waals surface area contributed by atoms with E-state index in [1.165, 1.54) is 11.6 Å². The second kappa shape index (κ2) is 11.6. The van der Waals surface area contributed by atoms with Gasteiger partial charge in [0.15, 0.2) is 11.5 Å². The van der Waals surface area contributed by atoms with Crippen LogP contribution in [0.1, 0.15) is 52.7 Å². The van der Waals surface area contributed by atoms with Crippen LogP contribution in [0.2, 0.25) is 0 Å². The largest absolute Gasteiger partial charge is 0.486 e. The Balaban J connectivity index is 0.00000166. The van der Waals surface area contributed by atoms with Crippen molar-refractivity contribution in [3.63, 3.8) is 0 Å². The number of anilines is 1. The van der Waals surface area contributed by atoms with Crippen LogP contribution in [0.5, 0.6) is 11.5 Å². The molecular weight excluding hydrogens is 388 g/mol. The van der Waals surface area contributed by atoms with E-state index >= 15 is 0 Å². The average molecular weight is 425 g/mol. The van der Waals surface area contributed by atoms with E-state index in [1.54, 1.807) is 6.07 Å². The monoisotopic (exact) mass is 424 g/mol. The quantitative estimate of drug-likeness (QED) is 0.609. The second-order valence-electron chi connectivity index (χ2n) is 8.21. The summed E-state index contributed by atoms with van der Waals surface area (Å²) >= 11 is 0. The molecule has 0 aromatic heterocycles. The molecule has 5 nitrogen and oxygen atoms in total. The Morgan fingerprint density at radius 2 is 1.81 bits per heavy atom. The van der Waals surface area contributed by atoms with Gasteiger partial charge in [0.25, 0.3) is 0 Å².